The van der Waals surface area contributed by atoms with Crippen molar-refractivity contribution in [1.29, 1.82) is 0 Å². The van der Waals surface area contributed by atoms with Crippen molar-refractivity contribution in [3.8, 4) is 0 Å². The Balaban J connectivity index is 2.58. The average molecular weight is 187 g/mol. The van der Waals surface area contributed by atoms with E-state index in [9.17, 15) is 0 Å². The summed E-state index contributed by atoms with van der Waals surface area (Å²) in [5, 5.41) is 0.920. The van der Waals surface area contributed by atoms with E-state index in [4.69, 9.17) is 4.42 Å². The minimum atomic E-state index is 0.722. The van der Waals surface area contributed by atoms with Gasteiger partial charge in [-0.25, -0.2) is 4.98 Å². The summed E-state index contributed by atoms with van der Waals surface area (Å²) in [6.45, 7) is 3.92. The largest absolute Gasteiger partial charge is 0.436 e. The van der Waals surface area contributed by atoms with E-state index in [1.165, 1.54) is 0 Å². The molecule has 0 amide bonds. The van der Waals surface area contributed by atoms with E-state index in [1.807, 2.05) is 32.1 Å². The van der Waals surface area contributed by atoms with Gasteiger partial charge in [0.05, 0.1) is 0 Å². The molecule has 0 N–H and O–H groups in total. The number of aromatic nitrogens is 1. The molecule has 0 unspecified atom stereocenters. The first-order chi connectivity index (χ1) is 6.85. The SMILES string of the molecule is C/C=c1/nc(C2=CCC=C2)o/c1=C/C. The normalized spacial score (nSPS) is 18.0. The van der Waals surface area contributed by atoms with Crippen molar-refractivity contribution >= 4 is 17.7 Å². The summed E-state index contributed by atoms with van der Waals surface area (Å²) in [4.78, 5) is 4.41. The van der Waals surface area contributed by atoms with Crippen LogP contribution >= 0.6 is 0 Å². The summed E-state index contributed by atoms with van der Waals surface area (Å²) >= 11 is 0. The smallest absolute Gasteiger partial charge is 0.226 e. The van der Waals surface area contributed by atoms with Crippen molar-refractivity contribution in [2.45, 2.75) is 20.3 Å². The summed E-state index contributed by atoms with van der Waals surface area (Å²) in [6, 6.07) is 0. The molecular weight excluding hydrogens is 174 g/mol. The quantitative estimate of drug-likeness (QED) is 0.667. The van der Waals surface area contributed by atoms with Crippen LogP contribution < -0.4 is 10.8 Å². The highest BCUT2D eigenvalue weighted by Gasteiger charge is 2.07. The van der Waals surface area contributed by atoms with Crippen molar-refractivity contribution in [2.24, 2.45) is 0 Å². The van der Waals surface area contributed by atoms with E-state index < -0.39 is 0 Å². The molecule has 0 saturated carbocycles. The molecule has 2 rings (SSSR count). The molecule has 1 aromatic heterocycles. The predicted molar refractivity (Wildman–Crippen MR) is 57.8 cm³/mol. The van der Waals surface area contributed by atoms with Crippen LogP contribution in [0.3, 0.4) is 0 Å². The van der Waals surface area contributed by atoms with Crippen LogP contribution in [0.2, 0.25) is 0 Å². The van der Waals surface area contributed by atoms with Gasteiger partial charge in [0, 0.05) is 5.57 Å². The van der Waals surface area contributed by atoms with Crippen molar-refractivity contribution in [2.75, 3.05) is 0 Å². The number of allylic oxidation sites excluding steroid dienone is 4. The van der Waals surface area contributed by atoms with Gasteiger partial charge in [0.25, 0.3) is 0 Å². The lowest BCUT2D eigenvalue weighted by Gasteiger charge is -1.87. The predicted octanol–water partition coefficient (Wildman–Crippen LogP) is 1.62. The average Bonchev–Trinajstić information content (AvgIpc) is 2.85. The van der Waals surface area contributed by atoms with Crippen molar-refractivity contribution in [3.63, 3.8) is 0 Å². The molecule has 1 aliphatic carbocycles. The second-order valence-electron chi connectivity index (χ2n) is 3.14. The number of rotatable bonds is 1. The first-order valence-corrected chi connectivity index (χ1v) is 4.81. The van der Waals surface area contributed by atoms with Crippen molar-refractivity contribution < 1.29 is 4.42 Å². The molecule has 2 nitrogen and oxygen atoms in total. The number of hydrogen-bond donors (Lipinski definition) is 0. The zero-order valence-corrected chi connectivity index (χ0v) is 8.45. The van der Waals surface area contributed by atoms with E-state index >= 15 is 0 Å². The number of nitrogens with zero attached hydrogens (tertiary/aromatic N) is 1. The Kier molecular flexibility index (Phi) is 2.35. The Hall–Kier alpha value is -1.57. The molecule has 0 aromatic carbocycles. The highest BCUT2D eigenvalue weighted by molar-refractivity contribution is 5.71. The van der Waals surface area contributed by atoms with E-state index in [0.717, 1.165) is 28.6 Å². The van der Waals surface area contributed by atoms with Crippen molar-refractivity contribution in [1.82, 2.24) is 4.98 Å². The summed E-state index contributed by atoms with van der Waals surface area (Å²) in [6.07, 6.45) is 11.1. The van der Waals surface area contributed by atoms with Crippen LogP contribution in [-0.2, 0) is 0 Å². The third kappa shape index (κ3) is 1.43. The second-order valence-corrected chi connectivity index (χ2v) is 3.14. The highest BCUT2D eigenvalue weighted by atomic mass is 16.3. The Morgan fingerprint density at radius 2 is 2.21 bits per heavy atom. The fourth-order valence-electron chi connectivity index (χ4n) is 1.50. The zero-order chi connectivity index (χ0) is 9.97. The topological polar surface area (TPSA) is 26.0 Å². The van der Waals surface area contributed by atoms with Gasteiger partial charge in [0.1, 0.15) is 5.35 Å². The lowest BCUT2D eigenvalue weighted by molar-refractivity contribution is 0.511. The molecule has 0 saturated heterocycles. The van der Waals surface area contributed by atoms with E-state index in [0.29, 0.717) is 0 Å². The van der Waals surface area contributed by atoms with Gasteiger partial charge < -0.3 is 4.42 Å². The molecular formula is C12H13NO. The van der Waals surface area contributed by atoms with Crippen LogP contribution in [0.4, 0.5) is 0 Å². The second kappa shape index (κ2) is 3.66. The van der Waals surface area contributed by atoms with Crippen LogP contribution in [-0.4, -0.2) is 4.98 Å². The lowest BCUT2D eigenvalue weighted by Crippen LogP contribution is -2.20. The molecule has 1 heterocycles. The molecule has 0 atom stereocenters. The standard InChI is InChI=1S/C12H13NO/c1-3-10-11(4-2)14-12(13-10)9-7-5-6-8-9/h3-5,7-8H,6H2,1-2H3/b10-3+,11-4+. The number of oxazole rings is 1. The lowest BCUT2D eigenvalue weighted by atomic mass is 10.3. The monoisotopic (exact) mass is 187 g/mol. The molecule has 0 aliphatic heterocycles. The third-order valence-corrected chi connectivity index (χ3v) is 2.23. The van der Waals surface area contributed by atoms with Gasteiger partial charge in [-0.1, -0.05) is 24.3 Å². The number of hydrogen-bond acceptors (Lipinski definition) is 2. The Morgan fingerprint density at radius 1 is 1.36 bits per heavy atom. The molecule has 14 heavy (non-hydrogen) atoms. The Morgan fingerprint density at radius 3 is 2.71 bits per heavy atom. The third-order valence-electron chi connectivity index (χ3n) is 2.23. The maximum absolute atomic E-state index is 5.62. The van der Waals surface area contributed by atoms with Crippen molar-refractivity contribution in [3.05, 3.63) is 34.9 Å². The summed E-state index contributed by atoms with van der Waals surface area (Å²) < 4.78 is 5.62. The fourth-order valence-corrected chi connectivity index (χ4v) is 1.50. The molecule has 0 fully saturated rings. The fraction of sp³-hybridized carbons (Fsp3) is 0.250. The van der Waals surface area contributed by atoms with E-state index in [2.05, 4.69) is 17.1 Å². The van der Waals surface area contributed by atoms with Gasteiger partial charge in [-0.3, -0.25) is 0 Å². The van der Waals surface area contributed by atoms with Gasteiger partial charge in [-0.15, -0.1) is 0 Å². The van der Waals surface area contributed by atoms with Crippen LogP contribution in [0.25, 0.3) is 17.7 Å². The molecule has 1 aliphatic rings. The van der Waals surface area contributed by atoms with Gasteiger partial charge in [-0.2, -0.15) is 0 Å². The summed E-state index contributed by atoms with van der Waals surface area (Å²) in [5.41, 5.74) is 1.94. The van der Waals surface area contributed by atoms with E-state index in [1.54, 1.807) is 0 Å². The minimum absolute atomic E-state index is 0.722. The Labute approximate surface area is 83.0 Å². The maximum Gasteiger partial charge on any atom is 0.226 e. The highest BCUT2D eigenvalue weighted by Crippen LogP contribution is 2.17. The first-order valence-electron chi connectivity index (χ1n) is 4.81. The molecule has 2 heteroatoms. The molecule has 0 spiro atoms. The van der Waals surface area contributed by atoms with Crippen LogP contribution in [0, 0.1) is 0 Å². The van der Waals surface area contributed by atoms with Gasteiger partial charge in [0.2, 0.25) is 5.89 Å². The zero-order valence-electron chi connectivity index (χ0n) is 8.45. The van der Waals surface area contributed by atoms with Crippen LogP contribution in [0.1, 0.15) is 26.2 Å². The first kappa shape index (κ1) is 9.00. The maximum atomic E-state index is 5.62. The molecule has 0 radical (unpaired) electrons. The molecule has 72 valence electrons. The van der Waals surface area contributed by atoms with Crippen LogP contribution in [0.5, 0.6) is 0 Å². The van der Waals surface area contributed by atoms with E-state index in [-0.39, 0.29) is 0 Å². The van der Waals surface area contributed by atoms with Gasteiger partial charge >= 0.3 is 0 Å². The minimum Gasteiger partial charge on any atom is -0.436 e. The molecule has 0 bridgehead atoms. The Bertz CT molecular complexity index is 471. The molecule has 1 aromatic rings. The van der Waals surface area contributed by atoms with Crippen LogP contribution in [0.15, 0.2) is 22.6 Å². The van der Waals surface area contributed by atoms with Gasteiger partial charge in [0.15, 0.2) is 5.42 Å². The summed E-state index contributed by atoms with van der Waals surface area (Å²) in [7, 11) is 0. The van der Waals surface area contributed by atoms with Gasteiger partial charge in [-0.05, 0) is 26.3 Å². The summed E-state index contributed by atoms with van der Waals surface area (Å²) in [5.74, 6) is 0.722.